The molecule has 0 saturated heterocycles. The van der Waals surface area contributed by atoms with Gasteiger partial charge in [0.15, 0.2) is 0 Å². The molecule has 0 amide bonds. The van der Waals surface area contributed by atoms with Crippen molar-refractivity contribution in [1.29, 1.82) is 0 Å². The molecule has 0 N–H and O–H groups in total. The number of hydrogen-bond donors (Lipinski definition) is 0. The van der Waals surface area contributed by atoms with Crippen LogP contribution in [-0.2, 0) is 42.1 Å². The molecule has 0 spiro atoms. The molecule has 9 aromatic carbocycles. The molecule has 0 saturated carbocycles. The molecule has 92 heavy (non-hydrogen) atoms. The summed E-state index contributed by atoms with van der Waals surface area (Å²) in [5.74, 6) is 1.59. The van der Waals surface area contributed by atoms with Crippen LogP contribution in [0.3, 0.4) is 0 Å². The van der Waals surface area contributed by atoms with Gasteiger partial charge in [0.05, 0.1) is 36.0 Å². The number of nitrogens with zero attached hydrogens (tertiary/aromatic N) is 9. The predicted octanol–water partition coefficient (Wildman–Crippen LogP) is 17.4. The fourth-order valence-electron chi connectivity index (χ4n) is 12.2. The first-order valence-electron chi connectivity index (χ1n) is 31.2. The number of anilines is 3. The minimum atomic E-state index is -0.0712. The quantitative estimate of drug-likeness (QED) is 0.0671. The van der Waals surface area contributed by atoms with Crippen molar-refractivity contribution in [2.45, 2.75) is 92.9 Å². The van der Waals surface area contributed by atoms with Crippen LogP contribution in [0.4, 0.5) is 17.1 Å². The summed E-state index contributed by atoms with van der Waals surface area (Å²) in [6.07, 6.45) is 15.9. The maximum atomic E-state index is 4.92. The molecule has 4 aromatic heterocycles. The second-order valence-electron chi connectivity index (χ2n) is 24.3. The van der Waals surface area contributed by atoms with Gasteiger partial charge in [0, 0.05) is 35.2 Å². The van der Waals surface area contributed by atoms with E-state index in [0.717, 1.165) is 67.4 Å². The summed E-state index contributed by atoms with van der Waals surface area (Å²) >= 11 is 0. The number of aryl methyl sites for hydroxylation is 2. The van der Waals surface area contributed by atoms with Crippen LogP contribution in [0.1, 0.15) is 112 Å². The molecule has 9 nitrogen and oxygen atoms in total. The third-order valence-electron chi connectivity index (χ3n) is 16.7. The van der Waals surface area contributed by atoms with E-state index in [4.69, 9.17) is 15.0 Å². The van der Waals surface area contributed by atoms with E-state index in [-0.39, 0.29) is 48.8 Å². The first-order chi connectivity index (χ1) is 43.8. The fourth-order valence-corrected chi connectivity index (χ4v) is 12.2. The first kappa shape index (κ1) is 66.0. The molecule has 0 aliphatic heterocycles. The van der Waals surface area contributed by atoms with E-state index in [1.54, 1.807) is 6.20 Å². The molecule has 12 heteroatoms. The monoisotopic (exact) mass is 1560 g/mol. The van der Waals surface area contributed by atoms with Gasteiger partial charge in [0.25, 0.3) is 0 Å². The van der Waals surface area contributed by atoms with E-state index in [9.17, 15) is 0 Å². The van der Waals surface area contributed by atoms with Crippen LogP contribution in [0.5, 0.6) is 0 Å². The summed E-state index contributed by atoms with van der Waals surface area (Å²) in [6, 6.07) is 82.3. The van der Waals surface area contributed by atoms with Crippen molar-refractivity contribution in [2.24, 2.45) is 0 Å². The predicted molar refractivity (Wildman–Crippen MR) is 371 cm³/mol. The molecule has 462 valence electrons. The van der Waals surface area contributed by atoms with Gasteiger partial charge in [-0.15, -0.1) is 108 Å². The molecule has 0 unspecified atom stereocenters. The van der Waals surface area contributed by atoms with Gasteiger partial charge in [-0.05, 0) is 119 Å². The summed E-state index contributed by atoms with van der Waals surface area (Å²) in [5.41, 5.74) is 23.9. The van der Waals surface area contributed by atoms with Gasteiger partial charge < -0.3 is 18.6 Å². The smallest absolute Gasteiger partial charge is 0.352 e. The van der Waals surface area contributed by atoms with Crippen LogP contribution in [0.2, 0.25) is 0 Å². The Morgan fingerprint density at radius 1 is 0.391 bits per heavy atom. The largest absolute Gasteiger partial charge is 2.00 e. The summed E-state index contributed by atoms with van der Waals surface area (Å²) in [5, 5.41) is 4.40. The maximum absolute atomic E-state index is 4.92. The average Bonchev–Trinajstić information content (AvgIpc) is 1.58. The topological polar surface area (TPSA) is 74.5 Å². The molecule has 0 aliphatic rings. The van der Waals surface area contributed by atoms with E-state index in [2.05, 4.69) is 294 Å². The van der Waals surface area contributed by atoms with Crippen LogP contribution < -0.4 is 21.3 Å². The summed E-state index contributed by atoms with van der Waals surface area (Å²) in [6.45, 7) is 22.2. The number of imidazole rings is 3. The van der Waals surface area contributed by atoms with Crippen LogP contribution in [-0.4, -0.2) is 45.1 Å². The van der Waals surface area contributed by atoms with Crippen molar-refractivity contribution >= 4 is 40.2 Å². The Morgan fingerprint density at radius 3 is 1.25 bits per heavy atom. The molecule has 0 bridgehead atoms. The molecule has 0 atom stereocenters. The Hall–Kier alpha value is -8.94. The molecular formula is C80H74BN9Pt2. The second kappa shape index (κ2) is 29.6. The number of para-hydroxylation sites is 4. The van der Waals surface area contributed by atoms with Crippen molar-refractivity contribution in [1.82, 2.24) is 38.4 Å². The molecule has 0 fully saturated rings. The van der Waals surface area contributed by atoms with Crippen molar-refractivity contribution in [2.75, 3.05) is 4.90 Å². The SMILES string of the molecule is CC(C)c1cccc(C(C)C)c1-n1cnc(-c2[c-]c(N(c3[c-]c(-n4cccn4)ccc3)c3ccccc3)ccc2)c1.Cc1cccc(C)c1-n1cnc(-c2[c-]c(B(c3[c-]c(-c4cn(-c5c(C(C)C)cccc5C(C)C)cn4)ccc3)c3ccccc3)ccc2)c1.[Pt+2].[Pt+2]. The Labute approximate surface area is 572 Å². The fraction of sp³-hybridized carbons (Fsp3) is 0.175. The zero-order valence-electron chi connectivity index (χ0n) is 53.6. The molecule has 0 aliphatic carbocycles. The van der Waals surface area contributed by atoms with E-state index in [0.29, 0.717) is 23.7 Å². The van der Waals surface area contributed by atoms with Crippen LogP contribution in [0.25, 0.3) is 56.5 Å². The van der Waals surface area contributed by atoms with Gasteiger partial charge in [-0.25, -0.2) is 0 Å². The van der Waals surface area contributed by atoms with E-state index >= 15 is 0 Å². The third kappa shape index (κ3) is 14.2. The Kier molecular flexibility index (Phi) is 21.2. The van der Waals surface area contributed by atoms with E-state index in [1.807, 2.05) is 66.3 Å². The van der Waals surface area contributed by atoms with E-state index < -0.39 is 0 Å². The number of aromatic nitrogens is 8. The minimum Gasteiger partial charge on any atom is -0.352 e. The molecule has 13 rings (SSSR count). The maximum Gasteiger partial charge on any atom is 2.00 e. The summed E-state index contributed by atoms with van der Waals surface area (Å²) in [7, 11) is 0. The molecule has 13 aromatic rings. The van der Waals surface area contributed by atoms with Crippen molar-refractivity contribution in [3.05, 3.63) is 302 Å². The van der Waals surface area contributed by atoms with Crippen molar-refractivity contribution in [3.63, 3.8) is 0 Å². The van der Waals surface area contributed by atoms with Crippen LogP contribution in [0.15, 0.2) is 244 Å². The van der Waals surface area contributed by atoms with Gasteiger partial charge in [-0.3, -0.25) is 19.6 Å². The second-order valence-corrected chi connectivity index (χ2v) is 24.3. The number of benzene rings is 9. The van der Waals surface area contributed by atoms with Crippen molar-refractivity contribution in [3.8, 4) is 56.5 Å². The van der Waals surface area contributed by atoms with Crippen molar-refractivity contribution < 1.29 is 42.1 Å². The number of rotatable bonds is 17. The Bertz CT molecular complexity index is 4490. The Balaban J connectivity index is 0.000000200. The third-order valence-corrected chi connectivity index (χ3v) is 16.7. The van der Waals surface area contributed by atoms with Gasteiger partial charge in [0.1, 0.15) is 0 Å². The zero-order chi connectivity index (χ0) is 62.4. The van der Waals surface area contributed by atoms with Gasteiger partial charge in [-0.2, -0.15) is 22.1 Å². The molecule has 4 heterocycles. The minimum absolute atomic E-state index is 0. The Morgan fingerprint density at radius 2 is 0.793 bits per heavy atom. The van der Waals surface area contributed by atoms with Gasteiger partial charge >= 0.3 is 42.1 Å². The van der Waals surface area contributed by atoms with Gasteiger partial charge in [0.2, 0.25) is 6.71 Å². The summed E-state index contributed by atoms with van der Waals surface area (Å²) < 4.78 is 8.32. The molecule has 0 radical (unpaired) electrons. The first-order valence-corrected chi connectivity index (χ1v) is 31.2. The number of hydrogen-bond acceptors (Lipinski definition) is 5. The van der Waals surface area contributed by atoms with E-state index in [1.165, 1.54) is 55.9 Å². The van der Waals surface area contributed by atoms with Gasteiger partial charge in [-0.1, -0.05) is 170 Å². The zero-order valence-corrected chi connectivity index (χ0v) is 58.2. The normalized spacial score (nSPS) is 11.2. The van der Waals surface area contributed by atoms with Crippen LogP contribution in [0, 0.1) is 38.1 Å². The van der Waals surface area contributed by atoms with Crippen LogP contribution >= 0.6 is 0 Å². The molecular weight excluding hydrogens is 1490 g/mol. The standard InChI is InChI=1S/C44H41BN4.C36H33N5.2Pt/c1-30(2)39-22-13-23-40(31(3)4)44(39)49-27-42(47-29-49)35-17-12-21-38(25-35)45(36-18-8-7-9-19-36)37-20-11-16-34(24-37)41-26-48(28-46-41)43-32(5)14-10-15-33(43)6;1-26(2)33-18-10-19-34(27(3)4)36(33)39-24-35(37-25-39)28-12-8-16-31(22-28)41(29-13-6-5-7-14-29)32-17-9-15-30(23-32)40-21-11-20-38-40;;/h7-23,26-31H,1-6H3;5-21,24-27H,1-4H3;;/q2*-2;2*+2. The average molecular weight is 1560 g/mol. The summed E-state index contributed by atoms with van der Waals surface area (Å²) in [4.78, 5) is 16.8.